The molecule has 0 unspecified atom stereocenters. The monoisotopic (exact) mass is 497 g/mol. The minimum atomic E-state index is -0.791. The van der Waals surface area contributed by atoms with Crippen LogP contribution in [-0.4, -0.2) is 51.3 Å². The summed E-state index contributed by atoms with van der Waals surface area (Å²) in [5.74, 6) is -0.291. The number of rotatable bonds is 12. The van der Waals surface area contributed by atoms with Gasteiger partial charge >= 0.3 is 0 Å². The van der Waals surface area contributed by atoms with Gasteiger partial charge < -0.3 is 24.8 Å². The number of hydrogen-bond acceptors (Lipinski definition) is 8. The summed E-state index contributed by atoms with van der Waals surface area (Å²) in [5.41, 5.74) is 0.764. The van der Waals surface area contributed by atoms with Crippen molar-refractivity contribution in [2.24, 2.45) is 5.92 Å². The molecule has 2 atom stereocenters. The summed E-state index contributed by atoms with van der Waals surface area (Å²) in [6.07, 6.45) is 2.02. The van der Waals surface area contributed by atoms with Gasteiger partial charge in [0, 0.05) is 23.7 Å². The number of aliphatic hydroxyl groups is 2. The summed E-state index contributed by atoms with van der Waals surface area (Å²) in [6, 6.07) is 10.2. The van der Waals surface area contributed by atoms with Gasteiger partial charge in [-0.25, -0.2) is 4.39 Å². The highest BCUT2D eigenvalue weighted by molar-refractivity contribution is 5.99. The van der Waals surface area contributed by atoms with Gasteiger partial charge in [0.05, 0.1) is 18.2 Å². The fourth-order valence-electron chi connectivity index (χ4n) is 3.70. The topological polar surface area (TPSA) is 135 Å². The van der Waals surface area contributed by atoms with Crippen LogP contribution in [0, 0.1) is 11.7 Å². The Morgan fingerprint density at radius 3 is 2.56 bits per heavy atom. The van der Waals surface area contributed by atoms with E-state index in [1.54, 1.807) is 24.3 Å². The molecule has 3 N–H and O–H groups in total. The number of carbonyl (C=O) groups is 2. The summed E-state index contributed by atoms with van der Waals surface area (Å²) in [4.78, 5) is 28.9. The molecule has 190 valence electrons. The third kappa shape index (κ3) is 5.95. The fourth-order valence-corrected chi connectivity index (χ4v) is 3.70. The first-order valence-electron chi connectivity index (χ1n) is 11.9. The second-order valence-corrected chi connectivity index (χ2v) is 8.69. The maximum atomic E-state index is 14.7. The number of nitrogens with one attached hydrogen (secondary N) is 1. The van der Waals surface area contributed by atoms with Gasteiger partial charge in [-0.2, -0.15) is 4.98 Å². The van der Waals surface area contributed by atoms with Crippen molar-refractivity contribution in [1.82, 2.24) is 15.5 Å². The predicted octanol–water partition coefficient (Wildman–Crippen LogP) is 3.47. The first-order valence-corrected chi connectivity index (χ1v) is 11.9. The summed E-state index contributed by atoms with van der Waals surface area (Å²) < 4.78 is 26.0. The van der Waals surface area contributed by atoms with Crippen molar-refractivity contribution in [3.05, 3.63) is 65.3 Å². The summed E-state index contributed by atoms with van der Waals surface area (Å²) in [5, 5.41) is 24.6. The fraction of sp³-hybridized carbons (Fsp3) is 0.385. The van der Waals surface area contributed by atoms with Crippen molar-refractivity contribution < 1.29 is 33.5 Å². The zero-order chi connectivity index (χ0) is 25.7. The van der Waals surface area contributed by atoms with E-state index in [2.05, 4.69) is 15.5 Å². The molecule has 1 aliphatic carbocycles. The number of carbonyl (C=O) groups excluding carboxylic acids is 2. The van der Waals surface area contributed by atoms with Gasteiger partial charge in [0.2, 0.25) is 5.82 Å². The van der Waals surface area contributed by atoms with Crippen LogP contribution in [0.4, 0.5) is 4.39 Å². The van der Waals surface area contributed by atoms with E-state index in [4.69, 9.17) is 14.4 Å². The molecule has 1 aromatic heterocycles. The van der Waals surface area contributed by atoms with Gasteiger partial charge in [-0.05, 0) is 62.1 Å². The highest BCUT2D eigenvalue weighted by Gasteiger charge is 2.30. The lowest BCUT2D eigenvalue weighted by Gasteiger charge is -2.15. The van der Waals surface area contributed by atoms with E-state index < -0.39 is 23.9 Å². The van der Waals surface area contributed by atoms with E-state index >= 15 is 0 Å². The second-order valence-electron chi connectivity index (χ2n) is 8.69. The Hall–Kier alpha value is -3.63. The second kappa shape index (κ2) is 11.4. The molecule has 1 fully saturated rings. The third-order valence-corrected chi connectivity index (χ3v) is 5.96. The minimum absolute atomic E-state index is 0.136. The molecule has 0 saturated heterocycles. The van der Waals surface area contributed by atoms with Gasteiger partial charge in [0.15, 0.2) is 11.9 Å². The first kappa shape index (κ1) is 25.5. The zero-order valence-electron chi connectivity index (χ0n) is 19.8. The third-order valence-electron chi connectivity index (χ3n) is 5.96. The molecule has 0 aliphatic heterocycles. The number of ketones is 1. The molecule has 0 radical (unpaired) electrons. The average Bonchev–Trinajstić information content (AvgIpc) is 3.63. The Kier molecular flexibility index (Phi) is 8.07. The van der Waals surface area contributed by atoms with E-state index in [-0.39, 0.29) is 48.6 Å². The van der Waals surface area contributed by atoms with Crippen molar-refractivity contribution in [3.63, 3.8) is 0 Å². The highest BCUT2D eigenvalue weighted by Crippen LogP contribution is 2.33. The quantitative estimate of drug-likeness (QED) is 0.324. The SMILES string of the molecule is CC[C@@H](Oc1ccc(C(=O)C2CC2)cc1)c1nc(-c2ccc(C(=O)N[C@H](CO)CCO)c(F)c2)no1. The zero-order valence-corrected chi connectivity index (χ0v) is 19.8. The lowest BCUT2D eigenvalue weighted by Crippen LogP contribution is -2.38. The van der Waals surface area contributed by atoms with E-state index in [0.717, 1.165) is 18.9 Å². The van der Waals surface area contributed by atoms with Crippen LogP contribution in [-0.2, 0) is 0 Å². The molecule has 0 bridgehead atoms. The lowest BCUT2D eigenvalue weighted by atomic mass is 10.1. The number of amides is 1. The van der Waals surface area contributed by atoms with Crippen LogP contribution in [0.1, 0.15) is 65.3 Å². The molecule has 1 amide bonds. The first-order chi connectivity index (χ1) is 17.4. The maximum Gasteiger partial charge on any atom is 0.268 e. The van der Waals surface area contributed by atoms with Crippen molar-refractivity contribution in [1.29, 1.82) is 0 Å². The maximum absolute atomic E-state index is 14.7. The molecule has 36 heavy (non-hydrogen) atoms. The Morgan fingerprint density at radius 2 is 1.94 bits per heavy atom. The molecule has 1 heterocycles. The highest BCUT2D eigenvalue weighted by atomic mass is 19.1. The van der Waals surface area contributed by atoms with E-state index in [9.17, 15) is 19.1 Å². The van der Waals surface area contributed by atoms with Gasteiger partial charge in [0.1, 0.15) is 11.6 Å². The number of Topliss-reactive ketones (excluding diaryl/α,β-unsaturated/α-hetero) is 1. The van der Waals surface area contributed by atoms with Gasteiger partial charge in [0.25, 0.3) is 11.8 Å². The largest absolute Gasteiger partial charge is 0.481 e. The van der Waals surface area contributed by atoms with Crippen molar-refractivity contribution in [2.75, 3.05) is 13.2 Å². The van der Waals surface area contributed by atoms with Crippen LogP contribution < -0.4 is 10.1 Å². The smallest absolute Gasteiger partial charge is 0.268 e. The predicted molar refractivity (Wildman–Crippen MR) is 127 cm³/mol. The summed E-state index contributed by atoms with van der Waals surface area (Å²) in [6.45, 7) is 1.30. The van der Waals surface area contributed by atoms with Crippen molar-refractivity contribution in [3.8, 4) is 17.1 Å². The van der Waals surface area contributed by atoms with E-state index in [0.29, 0.717) is 23.3 Å². The molecule has 10 heteroatoms. The van der Waals surface area contributed by atoms with Crippen molar-refractivity contribution in [2.45, 2.75) is 44.8 Å². The van der Waals surface area contributed by atoms with Gasteiger partial charge in [-0.15, -0.1) is 0 Å². The van der Waals surface area contributed by atoms with Crippen LogP contribution in [0.3, 0.4) is 0 Å². The van der Waals surface area contributed by atoms with Crippen molar-refractivity contribution >= 4 is 11.7 Å². The summed E-state index contributed by atoms with van der Waals surface area (Å²) in [7, 11) is 0. The van der Waals surface area contributed by atoms with Crippen LogP contribution >= 0.6 is 0 Å². The number of ether oxygens (including phenoxy) is 1. The Bertz CT molecular complexity index is 1210. The number of nitrogens with zero attached hydrogens (tertiary/aromatic N) is 2. The van der Waals surface area contributed by atoms with Gasteiger partial charge in [-0.1, -0.05) is 18.1 Å². The lowest BCUT2D eigenvalue weighted by molar-refractivity contribution is 0.0899. The molecule has 1 saturated carbocycles. The van der Waals surface area contributed by atoms with Crippen LogP contribution in [0.15, 0.2) is 47.0 Å². The minimum Gasteiger partial charge on any atom is -0.481 e. The number of aliphatic hydroxyl groups excluding tert-OH is 2. The van der Waals surface area contributed by atoms with Gasteiger partial charge in [-0.3, -0.25) is 9.59 Å². The van der Waals surface area contributed by atoms with Crippen LogP contribution in [0.5, 0.6) is 5.75 Å². The molecular formula is C26H28FN3O6. The molecule has 9 nitrogen and oxygen atoms in total. The number of hydrogen-bond donors (Lipinski definition) is 3. The summed E-state index contributed by atoms with van der Waals surface area (Å²) >= 11 is 0. The van der Waals surface area contributed by atoms with Crippen LogP contribution in [0.25, 0.3) is 11.4 Å². The number of halogens is 1. The van der Waals surface area contributed by atoms with E-state index in [1.165, 1.54) is 12.1 Å². The average molecular weight is 498 g/mol. The Morgan fingerprint density at radius 1 is 1.19 bits per heavy atom. The Labute approximate surface area is 207 Å². The molecular weight excluding hydrogens is 469 g/mol. The van der Waals surface area contributed by atoms with E-state index in [1.807, 2.05) is 6.92 Å². The number of benzene rings is 2. The molecule has 1 aliphatic rings. The molecule has 2 aromatic carbocycles. The molecule has 3 aromatic rings. The Balaban J connectivity index is 1.43. The molecule has 0 spiro atoms. The normalized spacial score (nSPS) is 14.8. The standard InChI is InChI=1S/C26H28FN3O6/c1-2-22(35-19-8-5-16(6-9-19)23(33)15-3-4-15)26-29-24(30-36-26)17-7-10-20(21(27)13-17)25(34)28-18(14-32)11-12-31/h5-10,13,15,18,22,31-32H,2-4,11-12,14H2,1H3,(H,28,34)/t18-,22+/m0/s1. The van der Waals surface area contributed by atoms with Crippen LogP contribution in [0.2, 0.25) is 0 Å². The number of aromatic nitrogens is 2. The molecule has 4 rings (SSSR count).